The van der Waals surface area contributed by atoms with E-state index in [2.05, 4.69) is 9.55 Å². The Morgan fingerprint density at radius 3 is 2.64 bits per heavy atom. The van der Waals surface area contributed by atoms with Crippen molar-refractivity contribution in [3.63, 3.8) is 0 Å². The molecule has 1 N–H and O–H groups in total. The Balaban J connectivity index is 1.62. The van der Waals surface area contributed by atoms with Crippen molar-refractivity contribution in [1.29, 1.82) is 0 Å². The first-order valence-corrected chi connectivity index (χ1v) is 13.7. The molecular weight excluding hydrogens is 498 g/mol. The van der Waals surface area contributed by atoms with Crippen molar-refractivity contribution in [3.05, 3.63) is 41.6 Å². The van der Waals surface area contributed by atoms with Crippen molar-refractivity contribution in [2.24, 2.45) is 5.92 Å². The third-order valence-corrected chi connectivity index (χ3v) is 7.67. The summed E-state index contributed by atoms with van der Waals surface area (Å²) in [6, 6.07) is 3.99. The molecule has 0 bridgehead atoms. The zero-order valence-electron chi connectivity index (χ0n) is 23.3. The molecule has 3 heterocycles. The fourth-order valence-corrected chi connectivity index (χ4v) is 5.97. The van der Waals surface area contributed by atoms with Crippen molar-refractivity contribution in [3.8, 4) is 5.88 Å². The number of nitrogens with zero attached hydrogens (tertiary/aromatic N) is 5. The lowest BCUT2D eigenvalue weighted by molar-refractivity contribution is -0.143. The molecule has 5 rings (SSSR count). The van der Waals surface area contributed by atoms with Crippen molar-refractivity contribution in [2.45, 2.75) is 90.3 Å². The summed E-state index contributed by atoms with van der Waals surface area (Å²) in [6.07, 6.45) is 7.90. The van der Waals surface area contributed by atoms with Crippen LogP contribution in [0.2, 0.25) is 0 Å². The number of aliphatic carboxylic acids is 1. The van der Waals surface area contributed by atoms with E-state index in [0.717, 1.165) is 59.5 Å². The van der Waals surface area contributed by atoms with E-state index in [0.29, 0.717) is 25.1 Å². The monoisotopic (exact) mass is 535 g/mol. The van der Waals surface area contributed by atoms with E-state index >= 15 is 0 Å². The molecule has 0 saturated heterocycles. The van der Waals surface area contributed by atoms with Crippen molar-refractivity contribution in [2.75, 3.05) is 12.0 Å². The Bertz CT molecular complexity index is 1390. The third-order valence-electron chi connectivity index (χ3n) is 7.67. The normalized spacial score (nSPS) is 21.5. The molecule has 0 radical (unpaired) electrons. The van der Waals surface area contributed by atoms with Crippen LogP contribution in [-0.2, 0) is 22.4 Å². The van der Waals surface area contributed by atoms with E-state index in [-0.39, 0.29) is 24.1 Å². The highest BCUT2D eigenvalue weighted by Gasteiger charge is 2.34. The van der Waals surface area contributed by atoms with E-state index in [4.69, 9.17) is 19.4 Å². The van der Waals surface area contributed by atoms with Crippen LogP contribution in [0.1, 0.15) is 82.9 Å². The number of aryl methyl sites for hydroxylation is 1. The number of carboxylic acid groups (broad SMARTS) is 1. The van der Waals surface area contributed by atoms with Gasteiger partial charge in [0.25, 0.3) is 0 Å². The Morgan fingerprint density at radius 2 is 1.92 bits per heavy atom. The summed E-state index contributed by atoms with van der Waals surface area (Å²) in [5, 5.41) is 9.78. The van der Waals surface area contributed by atoms with E-state index in [1.54, 1.807) is 17.3 Å². The first-order chi connectivity index (χ1) is 18.6. The molecule has 2 aliphatic rings. The number of fused-ring (bicyclic) bond motifs is 3. The molecule has 1 aromatic carbocycles. The van der Waals surface area contributed by atoms with Gasteiger partial charge in [-0.15, -0.1) is 0 Å². The van der Waals surface area contributed by atoms with Gasteiger partial charge >= 0.3 is 12.1 Å². The first-order valence-electron chi connectivity index (χ1n) is 13.7. The lowest BCUT2D eigenvalue weighted by Crippen LogP contribution is -2.42. The molecule has 10 nitrogen and oxygen atoms in total. The van der Waals surface area contributed by atoms with Gasteiger partial charge in [0.05, 0.1) is 48.1 Å². The number of imidazole rings is 1. The van der Waals surface area contributed by atoms with Gasteiger partial charge in [-0.05, 0) is 71.9 Å². The number of carbonyl (C=O) groups excluding carboxylic acids is 1. The quantitative estimate of drug-likeness (QED) is 0.466. The minimum atomic E-state index is -0.747. The second-order valence-corrected chi connectivity index (χ2v) is 11.7. The van der Waals surface area contributed by atoms with Crippen molar-refractivity contribution >= 4 is 28.8 Å². The molecule has 1 unspecified atom stereocenters. The van der Waals surface area contributed by atoms with Crippen LogP contribution in [0.3, 0.4) is 0 Å². The second-order valence-electron chi connectivity index (χ2n) is 11.7. The number of hydrogen-bond donors (Lipinski definition) is 1. The van der Waals surface area contributed by atoms with Crippen LogP contribution < -0.4 is 9.64 Å². The number of carbonyl (C=O) groups is 2. The molecule has 10 heteroatoms. The van der Waals surface area contributed by atoms with Gasteiger partial charge in [0.15, 0.2) is 0 Å². The summed E-state index contributed by atoms with van der Waals surface area (Å²) in [5.41, 5.74) is 3.94. The zero-order valence-corrected chi connectivity index (χ0v) is 23.3. The van der Waals surface area contributed by atoms with Gasteiger partial charge in [-0.1, -0.05) is 6.42 Å². The van der Waals surface area contributed by atoms with Crippen LogP contribution in [0, 0.1) is 5.92 Å². The number of amides is 1. The maximum absolute atomic E-state index is 12.7. The molecule has 39 heavy (non-hydrogen) atoms. The Hall–Kier alpha value is -3.69. The minimum Gasteiger partial charge on any atom is -0.481 e. The number of rotatable bonds is 5. The average molecular weight is 536 g/mol. The van der Waals surface area contributed by atoms with E-state index < -0.39 is 11.6 Å². The van der Waals surface area contributed by atoms with Gasteiger partial charge < -0.3 is 19.1 Å². The van der Waals surface area contributed by atoms with Crippen LogP contribution >= 0.6 is 0 Å². The van der Waals surface area contributed by atoms with Crippen LogP contribution in [0.4, 0.5) is 10.5 Å². The van der Waals surface area contributed by atoms with E-state index in [1.807, 2.05) is 39.8 Å². The summed E-state index contributed by atoms with van der Waals surface area (Å²) in [6.45, 7) is 7.91. The predicted octanol–water partition coefficient (Wildman–Crippen LogP) is 5.32. The standard InChI is InChI=1S/C29H37N5O5/c1-17-9-10-21-22(33(17)28(37)38-5)11-12-23-26(21)32-24(34(23)20-8-6-7-18(13-20)27(35)36)14-19-15-30-16-25(31-19)39-29(2,3)4/h11-12,15-18,20H,6-10,13-14H2,1-5H3,(H,35,36)/t17?,18-,20-/m1/s1. The maximum atomic E-state index is 12.7. The largest absolute Gasteiger partial charge is 0.481 e. The number of aromatic nitrogens is 4. The number of ether oxygens (including phenoxy) is 2. The predicted molar refractivity (Wildman–Crippen MR) is 146 cm³/mol. The zero-order chi connectivity index (χ0) is 27.9. The molecule has 1 aliphatic carbocycles. The SMILES string of the molecule is COC(=O)N1c2ccc3c(nc(Cc4cncc(OC(C)(C)C)n4)n3[C@@H]3CCC[C@@H](C(=O)O)C3)c2CCC1C. The smallest absolute Gasteiger partial charge is 0.414 e. The summed E-state index contributed by atoms with van der Waals surface area (Å²) >= 11 is 0. The third kappa shape index (κ3) is 5.42. The van der Waals surface area contributed by atoms with E-state index in [9.17, 15) is 14.7 Å². The lowest BCUT2D eigenvalue weighted by atomic mass is 9.85. The lowest BCUT2D eigenvalue weighted by Gasteiger charge is -2.34. The Morgan fingerprint density at radius 1 is 1.13 bits per heavy atom. The van der Waals surface area contributed by atoms with Crippen molar-refractivity contribution < 1.29 is 24.2 Å². The average Bonchev–Trinajstić information content (AvgIpc) is 3.25. The van der Waals surface area contributed by atoms with Crippen molar-refractivity contribution in [1.82, 2.24) is 19.5 Å². The fourth-order valence-electron chi connectivity index (χ4n) is 5.97. The van der Waals surface area contributed by atoms with Gasteiger partial charge in [-0.2, -0.15) is 0 Å². The maximum Gasteiger partial charge on any atom is 0.414 e. The van der Waals surface area contributed by atoms with Crippen LogP contribution in [0.25, 0.3) is 11.0 Å². The molecule has 0 spiro atoms. The summed E-state index contributed by atoms with van der Waals surface area (Å²) < 4.78 is 13.2. The van der Waals surface area contributed by atoms with Gasteiger partial charge in [-0.3, -0.25) is 14.7 Å². The molecule has 1 aliphatic heterocycles. The molecular formula is C29H37N5O5. The van der Waals surface area contributed by atoms with Crippen LogP contribution in [-0.4, -0.2) is 55.4 Å². The van der Waals surface area contributed by atoms with Gasteiger partial charge in [0, 0.05) is 23.8 Å². The molecule has 1 amide bonds. The highest BCUT2D eigenvalue weighted by Crippen LogP contribution is 2.41. The number of methoxy groups -OCH3 is 1. The second kappa shape index (κ2) is 10.5. The fraction of sp³-hybridized carbons (Fsp3) is 0.552. The summed E-state index contributed by atoms with van der Waals surface area (Å²) in [4.78, 5) is 40.5. The van der Waals surface area contributed by atoms with Crippen LogP contribution in [0.15, 0.2) is 24.5 Å². The number of hydrogen-bond acceptors (Lipinski definition) is 7. The van der Waals surface area contributed by atoms with Gasteiger partial charge in [0.2, 0.25) is 5.88 Å². The van der Waals surface area contributed by atoms with E-state index in [1.165, 1.54) is 7.11 Å². The molecule has 1 saturated carbocycles. The Kier molecular flexibility index (Phi) is 7.22. The highest BCUT2D eigenvalue weighted by atomic mass is 16.5. The molecule has 1 fully saturated rings. The first kappa shape index (κ1) is 26.9. The van der Waals surface area contributed by atoms with Crippen LogP contribution in [0.5, 0.6) is 5.88 Å². The van der Waals surface area contributed by atoms with Gasteiger partial charge in [-0.25, -0.2) is 14.8 Å². The molecule has 2 aromatic heterocycles. The molecule has 3 aromatic rings. The number of carboxylic acids is 1. The number of benzene rings is 1. The summed E-state index contributed by atoms with van der Waals surface area (Å²) in [5.74, 6) is 0.126. The summed E-state index contributed by atoms with van der Waals surface area (Å²) in [7, 11) is 1.40. The number of anilines is 1. The molecule has 208 valence electrons. The minimum absolute atomic E-state index is 0.000841. The van der Waals surface area contributed by atoms with Gasteiger partial charge in [0.1, 0.15) is 11.4 Å². The topological polar surface area (TPSA) is 120 Å². The highest BCUT2D eigenvalue weighted by molar-refractivity contribution is 5.95. The Labute approximate surface area is 228 Å². The molecule has 3 atom stereocenters.